The molecule has 2 rings (SSSR count). The number of aryl methyl sites for hydroxylation is 1. The van der Waals surface area contributed by atoms with Gasteiger partial charge in [0.05, 0.1) is 5.56 Å². The van der Waals surface area contributed by atoms with Crippen molar-refractivity contribution in [2.75, 3.05) is 0 Å². The van der Waals surface area contributed by atoms with Crippen molar-refractivity contribution in [3.63, 3.8) is 0 Å². The second-order valence-corrected chi connectivity index (χ2v) is 6.51. The van der Waals surface area contributed by atoms with Gasteiger partial charge in [-0.2, -0.15) is 0 Å². The van der Waals surface area contributed by atoms with Crippen LogP contribution in [0.3, 0.4) is 0 Å². The van der Waals surface area contributed by atoms with Gasteiger partial charge in [-0.05, 0) is 30.4 Å². The highest BCUT2D eigenvalue weighted by molar-refractivity contribution is 6.30. The fraction of sp³-hybridized carbons (Fsp3) is 0.412. The van der Waals surface area contributed by atoms with Crippen molar-refractivity contribution in [2.24, 2.45) is 0 Å². The number of halogens is 1. The zero-order valence-electron chi connectivity index (χ0n) is 13.2. The molecule has 0 fully saturated rings. The van der Waals surface area contributed by atoms with Crippen LogP contribution in [0.15, 0.2) is 24.5 Å². The largest absolute Gasteiger partial charge is 0.438 e. The Kier molecular flexibility index (Phi) is 4.52. The van der Waals surface area contributed by atoms with Crippen LogP contribution in [0.4, 0.5) is 0 Å². The summed E-state index contributed by atoms with van der Waals surface area (Å²) in [5, 5.41) is 0.451. The molecule has 1 aromatic heterocycles. The third kappa shape index (κ3) is 3.53. The summed E-state index contributed by atoms with van der Waals surface area (Å²) in [5.74, 6) is 1.36. The average molecular weight is 305 g/mol. The Bertz CT molecular complexity index is 648. The first-order chi connectivity index (χ1) is 9.82. The minimum absolute atomic E-state index is 0.00770. The third-order valence-electron chi connectivity index (χ3n) is 3.36. The van der Waals surface area contributed by atoms with Gasteiger partial charge in [0, 0.05) is 5.56 Å². The Hall–Kier alpha value is -1.61. The molecule has 0 aliphatic rings. The molecule has 0 atom stereocenters. The zero-order valence-corrected chi connectivity index (χ0v) is 14.0. The van der Waals surface area contributed by atoms with E-state index in [-0.39, 0.29) is 5.41 Å². The maximum Gasteiger partial charge on any atom is 0.227 e. The van der Waals surface area contributed by atoms with E-state index in [9.17, 15) is 0 Å². The lowest BCUT2D eigenvalue weighted by Crippen LogP contribution is -2.13. The molecule has 0 saturated heterocycles. The lowest BCUT2D eigenvalue weighted by Gasteiger charge is -2.23. The fourth-order valence-electron chi connectivity index (χ4n) is 2.20. The van der Waals surface area contributed by atoms with E-state index in [4.69, 9.17) is 16.3 Å². The van der Waals surface area contributed by atoms with Gasteiger partial charge in [0.25, 0.3) is 0 Å². The van der Waals surface area contributed by atoms with Crippen molar-refractivity contribution in [1.82, 2.24) is 9.97 Å². The van der Waals surface area contributed by atoms with E-state index in [1.807, 2.05) is 19.9 Å². The summed E-state index contributed by atoms with van der Waals surface area (Å²) in [4.78, 5) is 8.26. The standard InChI is InChI=1S/C17H21ClN2O/c1-6-12-15(18)19-10-20-16(12)21-14-9-11(2)7-8-13(14)17(3,4)5/h7-10H,6H2,1-5H3. The summed E-state index contributed by atoms with van der Waals surface area (Å²) in [7, 11) is 0. The zero-order chi connectivity index (χ0) is 15.6. The van der Waals surface area contributed by atoms with Crippen molar-refractivity contribution in [1.29, 1.82) is 0 Å². The summed E-state index contributed by atoms with van der Waals surface area (Å²) in [6.07, 6.45) is 2.16. The number of hydrogen-bond acceptors (Lipinski definition) is 3. The molecule has 0 saturated carbocycles. The molecule has 1 heterocycles. The monoisotopic (exact) mass is 304 g/mol. The number of benzene rings is 1. The molecule has 0 spiro atoms. The van der Waals surface area contributed by atoms with Gasteiger partial charge < -0.3 is 4.74 Å². The minimum atomic E-state index is -0.00770. The predicted molar refractivity (Wildman–Crippen MR) is 86.4 cm³/mol. The Labute approximate surface area is 131 Å². The summed E-state index contributed by atoms with van der Waals surface area (Å²) in [6, 6.07) is 6.25. The summed E-state index contributed by atoms with van der Waals surface area (Å²) < 4.78 is 6.08. The molecule has 0 aliphatic carbocycles. The number of nitrogens with zero attached hydrogens (tertiary/aromatic N) is 2. The second-order valence-electron chi connectivity index (χ2n) is 6.15. The number of hydrogen-bond donors (Lipinski definition) is 0. The first-order valence-electron chi connectivity index (χ1n) is 7.11. The van der Waals surface area contributed by atoms with Gasteiger partial charge in [0.2, 0.25) is 5.88 Å². The van der Waals surface area contributed by atoms with Crippen LogP contribution in [0.25, 0.3) is 0 Å². The minimum Gasteiger partial charge on any atom is -0.438 e. The Balaban J connectivity index is 2.49. The van der Waals surface area contributed by atoms with E-state index in [0.717, 1.165) is 28.9 Å². The van der Waals surface area contributed by atoms with Crippen LogP contribution < -0.4 is 4.74 Å². The van der Waals surface area contributed by atoms with E-state index in [1.54, 1.807) is 0 Å². The molecule has 21 heavy (non-hydrogen) atoms. The molecule has 0 unspecified atom stereocenters. The molecule has 0 bridgehead atoms. The van der Waals surface area contributed by atoms with Crippen LogP contribution >= 0.6 is 11.6 Å². The van der Waals surface area contributed by atoms with Crippen molar-refractivity contribution in [3.05, 3.63) is 46.4 Å². The van der Waals surface area contributed by atoms with Gasteiger partial charge in [-0.15, -0.1) is 0 Å². The van der Waals surface area contributed by atoms with Crippen LogP contribution in [0.5, 0.6) is 11.6 Å². The fourth-order valence-corrected chi connectivity index (χ4v) is 2.46. The van der Waals surface area contributed by atoms with Crippen molar-refractivity contribution < 1.29 is 4.74 Å². The maximum atomic E-state index is 6.13. The van der Waals surface area contributed by atoms with Crippen molar-refractivity contribution >= 4 is 11.6 Å². The van der Waals surface area contributed by atoms with Crippen LogP contribution in [0.1, 0.15) is 44.4 Å². The smallest absolute Gasteiger partial charge is 0.227 e. The van der Waals surface area contributed by atoms with Gasteiger partial charge in [0.15, 0.2) is 0 Å². The maximum absolute atomic E-state index is 6.13. The quantitative estimate of drug-likeness (QED) is 0.741. The van der Waals surface area contributed by atoms with E-state index >= 15 is 0 Å². The van der Waals surface area contributed by atoms with Gasteiger partial charge >= 0.3 is 0 Å². The summed E-state index contributed by atoms with van der Waals surface area (Å²) >= 11 is 6.13. The number of ether oxygens (including phenoxy) is 1. The molecule has 1 aromatic carbocycles. The van der Waals surface area contributed by atoms with E-state index in [2.05, 4.69) is 42.9 Å². The SMILES string of the molecule is CCc1c(Cl)ncnc1Oc1cc(C)ccc1C(C)(C)C. The molecular formula is C17H21ClN2O. The Morgan fingerprint density at radius 1 is 1.19 bits per heavy atom. The highest BCUT2D eigenvalue weighted by Crippen LogP contribution is 2.36. The highest BCUT2D eigenvalue weighted by atomic mass is 35.5. The van der Waals surface area contributed by atoms with E-state index < -0.39 is 0 Å². The molecule has 0 N–H and O–H groups in total. The predicted octanol–water partition coefficient (Wildman–Crippen LogP) is 5.09. The molecule has 0 amide bonds. The first kappa shape index (κ1) is 15.8. The molecule has 3 nitrogen and oxygen atoms in total. The molecule has 0 radical (unpaired) electrons. The van der Waals surface area contributed by atoms with Gasteiger partial charge in [-0.25, -0.2) is 9.97 Å². The lowest BCUT2D eigenvalue weighted by molar-refractivity contribution is 0.433. The van der Waals surface area contributed by atoms with Crippen LogP contribution in [0.2, 0.25) is 5.15 Å². The van der Waals surface area contributed by atoms with Crippen LogP contribution in [-0.4, -0.2) is 9.97 Å². The Morgan fingerprint density at radius 2 is 1.90 bits per heavy atom. The number of aromatic nitrogens is 2. The molecule has 2 aromatic rings. The average Bonchev–Trinajstić information content (AvgIpc) is 2.37. The Morgan fingerprint density at radius 3 is 2.52 bits per heavy atom. The summed E-state index contributed by atoms with van der Waals surface area (Å²) in [5.41, 5.74) is 3.12. The summed E-state index contributed by atoms with van der Waals surface area (Å²) in [6.45, 7) is 10.6. The van der Waals surface area contributed by atoms with Crippen molar-refractivity contribution in [3.8, 4) is 11.6 Å². The lowest BCUT2D eigenvalue weighted by atomic mass is 9.86. The van der Waals surface area contributed by atoms with E-state index in [1.165, 1.54) is 6.33 Å². The van der Waals surface area contributed by atoms with Gasteiger partial charge in [-0.3, -0.25) is 0 Å². The molecule has 112 valence electrons. The van der Waals surface area contributed by atoms with Crippen LogP contribution in [0, 0.1) is 6.92 Å². The first-order valence-corrected chi connectivity index (χ1v) is 7.49. The number of rotatable bonds is 3. The van der Waals surface area contributed by atoms with Gasteiger partial charge in [0.1, 0.15) is 17.2 Å². The molecule has 4 heteroatoms. The van der Waals surface area contributed by atoms with Gasteiger partial charge in [-0.1, -0.05) is 51.4 Å². The topological polar surface area (TPSA) is 35.0 Å². The second kappa shape index (κ2) is 6.02. The third-order valence-corrected chi connectivity index (χ3v) is 3.68. The van der Waals surface area contributed by atoms with Crippen molar-refractivity contribution in [2.45, 2.75) is 46.5 Å². The van der Waals surface area contributed by atoms with Crippen LogP contribution in [-0.2, 0) is 11.8 Å². The molecule has 0 aliphatic heterocycles. The molecular weight excluding hydrogens is 284 g/mol. The highest BCUT2D eigenvalue weighted by Gasteiger charge is 2.21. The van der Waals surface area contributed by atoms with E-state index in [0.29, 0.717) is 11.0 Å². The normalized spacial score (nSPS) is 11.5.